The Bertz CT molecular complexity index is 713. The minimum absolute atomic E-state index is 0.744. The Labute approximate surface area is 117 Å². The van der Waals surface area contributed by atoms with Gasteiger partial charge in [0.1, 0.15) is 0 Å². The molecule has 0 bridgehead atoms. The first-order valence-corrected chi connectivity index (χ1v) is 7.16. The van der Waals surface area contributed by atoms with E-state index < -0.39 is 0 Å². The van der Waals surface area contributed by atoms with Crippen molar-refractivity contribution in [2.45, 2.75) is 6.54 Å². The first-order chi connectivity index (χ1) is 8.78. The number of rotatable bonds is 3. The van der Waals surface area contributed by atoms with Gasteiger partial charge in [-0.1, -0.05) is 12.1 Å². The van der Waals surface area contributed by atoms with Gasteiger partial charge in [0.2, 0.25) is 0 Å². The summed E-state index contributed by atoms with van der Waals surface area (Å²) >= 11 is 5.18. The maximum atomic E-state index is 11.1. The molecule has 0 aliphatic rings. The van der Waals surface area contributed by atoms with E-state index in [2.05, 4.69) is 26.6 Å². The van der Waals surface area contributed by atoms with Crippen molar-refractivity contribution in [3.63, 3.8) is 0 Å². The van der Waals surface area contributed by atoms with Crippen LogP contribution in [-0.4, -0.2) is 10.9 Å². The standard InChI is InChI=1S/C14H10BrNOS/c15-13-5-4-12(18-13)8-16-7-6-10-2-1-3-11(9-17)14(10)16/h1-7,9H,8H2. The number of halogens is 1. The van der Waals surface area contributed by atoms with Gasteiger partial charge in [-0.05, 0) is 40.2 Å². The summed E-state index contributed by atoms with van der Waals surface area (Å²) in [6.45, 7) is 0.796. The summed E-state index contributed by atoms with van der Waals surface area (Å²) in [4.78, 5) is 12.4. The molecular formula is C14H10BrNOS. The Balaban J connectivity index is 2.09. The van der Waals surface area contributed by atoms with Crippen molar-refractivity contribution < 1.29 is 4.79 Å². The molecule has 2 nitrogen and oxygen atoms in total. The zero-order valence-electron chi connectivity index (χ0n) is 9.47. The van der Waals surface area contributed by atoms with E-state index in [0.29, 0.717) is 0 Å². The summed E-state index contributed by atoms with van der Waals surface area (Å²) in [5.74, 6) is 0. The molecule has 1 aromatic carbocycles. The van der Waals surface area contributed by atoms with Crippen LogP contribution in [0, 0.1) is 0 Å². The van der Waals surface area contributed by atoms with E-state index in [1.54, 1.807) is 11.3 Å². The van der Waals surface area contributed by atoms with Crippen LogP contribution in [0.25, 0.3) is 10.9 Å². The molecule has 0 spiro atoms. The monoisotopic (exact) mass is 319 g/mol. The number of thiophene rings is 1. The van der Waals surface area contributed by atoms with Crippen LogP contribution in [0.1, 0.15) is 15.2 Å². The number of aromatic nitrogens is 1. The fourth-order valence-electron chi connectivity index (χ4n) is 2.12. The quantitative estimate of drug-likeness (QED) is 0.659. The third-order valence-electron chi connectivity index (χ3n) is 2.90. The molecule has 0 saturated heterocycles. The molecule has 4 heteroatoms. The average Bonchev–Trinajstić information content (AvgIpc) is 2.97. The highest BCUT2D eigenvalue weighted by molar-refractivity contribution is 9.11. The predicted octanol–water partition coefficient (Wildman–Crippen LogP) is 4.33. The lowest BCUT2D eigenvalue weighted by molar-refractivity contribution is 0.112. The van der Waals surface area contributed by atoms with Gasteiger partial charge < -0.3 is 4.57 Å². The van der Waals surface area contributed by atoms with Gasteiger partial charge in [0.05, 0.1) is 15.8 Å². The predicted molar refractivity (Wildman–Crippen MR) is 78.4 cm³/mol. The molecule has 2 heterocycles. The number of hydrogen-bond acceptors (Lipinski definition) is 2. The summed E-state index contributed by atoms with van der Waals surface area (Å²) in [5.41, 5.74) is 1.75. The van der Waals surface area contributed by atoms with Crippen LogP contribution < -0.4 is 0 Å². The first kappa shape index (κ1) is 11.7. The highest BCUT2D eigenvalue weighted by atomic mass is 79.9. The third-order valence-corrected chi connectivity index (χ3v) is 4.51. The maximum Gasteiger partial charge on any atom is 0.152 e. The number of aldehydes is 1. The summed E-state index contributed by atoms with van der Waals surface area (Å²) in [7, 11) is 0. The Hall–Kier alpha value is -1.39. The number of para-hydroxylation sites is 1. The summed E-state index contributed by atoms with van der Waals surface area (Å²) in [6, 6.07) is 12.0. The van der Waals surface area contributed by atoms with Gasteiger partial charge >= 0.3 is 0 Å². The Morgan fingerprint density at radius 1 is 1.22 bits per heavy atom. The second kappa shape index (κ2) is 4.71. The maximum absolute atomic E-state index is 11.1. The van der Waals surface area contributed by atoms with Crippen LogP contribution in [0.3, 0.4) is 0 Å². The number of benzene rings is 1. The fourth-order valence-corrected chi connectivity index (χ4v) is 3.60. The molecule has 0 aliphatic heterocycles. The molecular weight excluding hydrogens is 310 g/mol. The minimum atomic E-state index is 0.744. The fraction of sp³-hybridized carbons (Fsp3) is 0.0714. The van der Waals surface area contributed by atoms with E-state index in [-0.39, 0.29) is 0 Å². The molecule has 3 aromatic rings. The molecule has 3 rings (SSSR count). The van der Waals surface area contributed by atoms with Crippen molar-refractivity contribution >= 4 is 44.5 Å². The van der Waals surface area contributed by atoms with Crippen LogP contribution >= 0.6 is 27.3 Å². The number of hydrogen-bond donors (Lipinski definition) is 0. The molecule has 0 radical (unpaired) electrons. The minimum Gasteiger partial charge on any atom is -0.342 e. The van der Waals surface area contributed by atoms with Gasteiger partial charge in [-0.3, -0.25) is 4.79 Å². The van der Waals surface area contributed by atoms with E-state index in [4.69, 9.17) is 0 Å². The van der Waals surface area contributed by atoms with Crippen molar-refractivity contribution in [1.29, 1.82) is 0 Å². The highest BCUT2D eigenvalue weighted by Gasteiger charge is 2.07. The van der Waals surface area contributed by atoms with Crippen LogP contribution in [0.15, 0.2) is 46.4 Å². The lowest BCUT2D eigenvalue weighted by Gasteiger charge is -2.05. The number of fused-ring (bicyclic) bond motifs is 1. The van der Waals surface area contributed by atoms with Gasteiger partial charge in [-0.15, -0.1) is 11.3 Å². The highest BCUT2D eigenvalue weighted by Crippen LogP contribution is 2.25. The molecule has 18 heavy (non-hydrogen) atoms. The van der Waals surface area contributed by atoms with E-state index in [0.717, 1.165) is 33.1 Å². The van der Waals surface area contributed by atoms with E-state index in [9.17, 15) is 4.79 Å². The van der Waals surface area contributed by atoms with E-state index in [1.165, 1.54) is 4.88 Å². The molecule has 0 unspecified atom stereocenters. The number of nitrogens with zero attached hydrogens (tertiary/aromatic N) is 1. The molecule has 0 atom stereocenters. The van der Waals surface area contributed by atoms with Gasteiger partial charge in [0.15, 0.2) is 6.29 Å². The van der Waals surface area contributed by atoms with Gasteiger partial charge in [0.25, 0.3) is 0 Å². The lowest BCUT2D eigenvalue weighted by atomic mass is 10.1. The van der Waals surface area contributed by atoms with Crippen molar-refractivity contribution in [2.24, 2.45) is 0 Å². The van der Waals surface area contributed by atoms with Crippen LogP contribution in [0.4, 0.5) is 0 Å². The topological polar surface area (TPSA) is 22.0 Å². The smallest absolute Gasteiger partial charge is 0.152 e. The zero-order chi connectivity index (χ0) is 12.5. The first-order valence-electron chi connectivity index (χ1n) is 5.55. The molecule has 0 saturated carbocycles. The molecule has 0 aliphatic carbocycles. The van der Waals surface area contributed by atoms with Crippen LogP contribution in [-0.2, 0) is 6.54 Å². The zero-order valence-corrected chi connectivity index (χ0v) is 11.9. The number of carbonyl (C=O) groups is 1. The molecule has 0 fully saturated rings. The van der Waals surface area contributed by atoms with Gasteiger partial charge in [-0.25, -0.2) is 0 Å². The average molecular weight is 320 g/mol. The Morgan fingerprint density at radius 3 is 2.83 bits per heavy atom. The van der Waals surface area contributed by atoms with Crippen molar-refractivity contribution in [1.82, 2.24) is 4.57 Å². The summed E-state index contributed by atoms with van der Waals surface area (Å²) in [6.07, 6.45) is 2.95. The molecule has 90 valence electrons. The molecule has 2 aromatic heterocycles. The largest absolute Gasteiger partial charge is 0.342 e. The Kier molecular flexibility index (Phi) is 3.06. The van der Waals surface area contributed by atoms with Crippen LogP contribution in [0.2, 0.25) is 0 Å². The summed E-state index contributed by atoms with van der Waals surface area (Å²) < 4.78 is 3.25. The molecule has 0 amide bonds. The second-order valence-corrected chi connectivity index (χ2v) is 6.60. The van der Waals surface area contributed by atoms with Gasteiger partial charge in [-0.2, -0.15) is 0 Å². The lowest BCUT2D eigenvalue weighted by Crippen LogP contribution is -1.98. The third kappa shape index (κ3) is 2.02. The number of carbonyl (C=O) groups excluding carboxylic acids is 1. The molecule has 0 N–H and O–H groups in total. The van der Waals surface area contributed by atoms with Crippen molar-refractivity contribution in [3.05, 3.63) is 56.8 Å². The Morgan fingerprint density at radius 2 is 2.11 bits per heavy atom. The van der Waals surface area contributed by atoms with E-state index >= 15 is 0 Å². The van der Waals surface area contributed by atoms with Crippen molar-refractivity contribution in [3.8, 4) is 0 Å². The van der Waals surface area contributed by atoms with Crippen molar-refractivity contribution in [2.75, 3.05) is 0 Å². The van der Waals surface area contributed by atoms with E-state index in [1.807, 2.05) is 36.5 Å². The van der Waals surface area contributed by atoms with Crippen LogP contribution in [0.5, 0.6) is 0 Å². The van der Waals surface area contributed by atoms with Gasteiger partial charge in [0, 0.05) is 22.0 Å². The normalized spacial score (nSPS) is 10.9. The SMILES string of the molecule is O=Cc1cccc2ccn(Cc3ccc(Br)s3)c12. The summed E-state index contributed by atoms with van der Waals surface area (Å²) in [5, 5.41) is 1.11. The second-order valence-electron chi connectivity index (χ2n) is 4.05.